The number of hydrogen-bond donors (Lipinski definition) is 2. The molecule has 0 aliphatic carbocycles. The molecule has 26 heavy (non-hydrogen) atoms. The molecule has 0 aromatic heterocycles. The summed E-state index contributed by atoms with van der Waals surface area (Å²) in [6.45, 7) is 0. The number of phenolic OH excluding ortho intramolecular Hbond substituents is 2. The number of methoxy groups -OCH3 is 3. The maximum Gasteiger partial charge on any atom is 0.338 e. The second kappa shape index (κ2) is 7.56. The number of esters is 2. The van der Waals surface area contributed by atoms with Gasteiger partial charge in [0.1, 0.15) is 22.8 Å². The Morgan fingerprint density at radius 1 is 0.846 bits per heavy atom. The quantitative estimate of drug-likeness (QED) is 0.613. The van der Waals surface area contributed by atoms with Crippen LogP contribution in [0, 0.1) is 0 Å². The van der Waals surface area contributed by atoms with Crippen LogP contribution in [0.15, 0.2) is 30.3 Å². The molecule has 0 radical (unpaired) electrons. The number of aromatic hydroxyl groups is 2. The first-order chi connectivity index (χ1) is 12.3. The molecule has 0 aliphatic heterocycles. The number of benzene rings is 2. The van der Waals surface area contributed by atoms with Crippen LogP contribution in [0.5, 0.6) is 17.2 Å². The number of carbonyl (C=O) groups is 3. The number of rotatable bonds is 5. The highest BCUT2D eigenvalue weighted by molar-refractivity contribution is 6.18. The molecule has 0 fully saturated rings. The fourth-order valence-electron chi connectivity index (χ4n) is 2.41. The van der Waals surface area contributed by atoms with Crippen molar-refractivity contribution in [2.24, 2.45) is 0 Å². The van der Waals surface area contributed by atoms with E-state index in [1.165, 1.54) is 31.4 Å². The van der Waals surface area contributed by atoms with Crippen LogP contribution in [0.4, 0.5) is 0 Å². The Hall–Kier alpha value is -3.55. The molecular formula is C18H16O8. The molecule has 8 nitrogen and oxygen atoms in total. The van der Waals surface area contributed by atoms with Gasteiger partial charge in [0.15, 0.2) is 0 Å². The van der Waals surface area contributed by atoms with Crippen molar-refractivity contribution in [1.82, 2.24) is 0 Å². The van der Waals surface area contributed by atoms with Crippen molar-refractivity contribution < 1.29 is 38.8 Å². The standard InChI is InChI=1S/C18H16O8/c1-24-13-8-9(17(22)25-2)7-12(20)15(13)16(21)14-10(18(23)26-3)5-4-6-11(14)19/h4-8,19-20H,1-3H3. The molecule has 0 aliphatic rings. The Labute approximate surface area is 148 Å². The summed E-state index contributed by atoms with van der Waals surface area (Å²) in [5.41, 5.74) is -0.912. The zero-order valence-electron chi connectivity index (χ0n) is 14.2. The molecule has 2 aromatic carbocycles. The van der Waals surface area contributed by atoms with Crippen molar-refractivity contribution in [2.75, 3.05) is 21.3 Å². The Bertz CT molecular complexity index is 885. The molecule has 8 heteroatoms. The van der Waals surface area contributed by atoms with Gasteiger partial charge in [0.25, 0.3) is 0 Å². The van der Waals surface area contributed by atoms with E-state index < -0.39 is 29.2 Å². The van der Waals surface area contributed by atoms with Crippen LogP contribution in [0.1, 0.15) is 36.6 Å². The predicted octanol–water partition coefficient (Wildman–Crippen LogP) is 1.91. The summed E-state index contributed by atoms with van der Waals surface area (Å²) in [5.74, 6) is -3.64. The van der Waals surface area contributed by atoms with Gasteiger partial charge in [-0.25, -0.2) is 9.59 Å². The van der Waals surface area contributed by atoms with Crippen molar-refractivity contribution in [1.29, 1.82) is 0 Å². The first-order valence-electron chi connectivity index (χ1n) is 7.30. The normalized spacial score (nSPS) is 10.1. The lowest BCUT2D eigenvalue weighted by Crippen LogP contribution is -2.13. The zero-order valence-corrected chi connectivity index (χ0v) is 14.2. The molecule has 0 bridgehead atoms. The molecule has 0 heterocycles. The molecule has 0 amide bonds. The highest BCUT2D eigenvalue weighted by atomic mass is 16.5. The highest BCUT2D eigenvalue weighted by Crippen LogP contribution is 2.35. The van der Waals surface area contributed by atoms with E-state index in [1.54, 1.807) is 0 Å². The van der Waals surface area contributed by atoms with Crippen LogP contribution in [0.3, 0.4) is 0 Å². The summed E-state index contributed by atoms with van der Waals surface area (Å²) < 4.78 is 14.3. The van der Waals surface area contributed by atoms with Crippen molar-refractivity contribution in [3.05, 3.63) is 52.6 Å². The van der Waals surface area contributed by atoms with Crippen LogP contribution in [-0.2, 0) is 9.47 Å². The molecule has 2 aromatic rings. The molecule has 136 valence electrons. The topological polar surface area (TPSA) is 119 Å². The molecule has 2 rings (SSSR count). The maximum atomic E-state index is 12.9. The Morgan fingerprint density at radius 2 is 1.50 bits per heavy atom. The lowest BCUT2D eigenvalue weighted by atomic mass is 9.95. The van der Waals surface area contributed by atoms with E-state index in [4.69, 9.17) is 4.74 Å². The van der Waals surface area contributed by atoms with Gasteiger partial charge in [-0.15, -0.1) is 0 Å². The third-order valence-electron chi connectivity index (χ3n) is 3.62. The van der Waals surface area contributed by atoms with E-state index >= 15 is 0 Å². The van der Waals surface area contributed by atoms with Crippen LogP contribution < -0.4 is 4.74 Å². The number of carbonyl (C=O) groups excluding carboxylic acids is 3. The van der Waals surface area contributed by atoms with Gasteiger partial charge in [-0.1, -0.05) is 6.07 Å². The predicted molar refractivity (Wildman–Crippen MR) is 88.9 cm³/mol. The van der Waals surface area contributed by atoms with E-state index in [2.05, 4.69) is 9.47 Å². The fraction of sp³-hybridized carbons (Fsp3) is 0.167. The summed E-state index contributed by atoms with van der Waals surface area (Å²) in [5, 5.41) is 20.3. The summed E-state index contributed by atoms with van der Waals surface area (Å²) in [4.78, 5) is 36.5. The van der Waals surface area contributed by atoms with E-state index in [0.717, 1.165) is 20.3 Å². The van der Waals surface area contributed by atoms with Gasteiger partial charge in [-0.05, 0) is 24.3 Å². The third kappa shape index (κ3) is 3.30. The summed E-state index contributed by atoms with van der Waals surface area (Å²) in [6.07, 6.45) is 0. The van der Waals surface area contributed by atoms with E-state index in [-0.39, 0.29) is 28.0 Å². The third-order valence-corrected chi connectivity index (χ3v) is 3.62. The maximum absolute atomic E-state index is 12.9. The Morgan fingerprint density at radius 3 is 2.08 bits per heavy atom. The van der Waals surface area contributed by atoms with Gasteiger partial charge in [0.2, 0.25) is 5.78 Å². The lowest BCUT2D eigenvalue weighted by Gasteiger charge is -2.14. The van der Waals surface area contributed by atoms with E-state index in [0.29, 0.717) is 0 Å². The fourth-order valence-corrected chi connectivity index (χ4v) is 2.41. The van der Waals surface area contributed by atoms with Crippen molar-refractivity contribution in [2.45, 2.75) is 0 Å². The number of hydrogen-bond acceptors (Lipinski definition) is 8. The summed E-state index contributed by atoms with van der Waals surface area (Å²) in [6, 6.07) is 6.11. The molecular weight excluding hydrogens is 344 g/mol. The summed E-state index contributed by atoms with van der Waals surface area (Å²) >= 11 is 0. The monoisotopic (exact) mass is 360 g/mol. The second-order valence-corrected chi connectivity index (χ2v) is 5.08. The van der Waals surface area contributed by atoms with Gasteiger partial charge < -0.3 is 24.4 Å². The van der Waals surface area contributed by atoms with Crippen molar-refractivity contribution in [3.8, 4) is 17.2 Å². The number of phenols is 2. The van der Waals surface area contributed by atoms with Crippen molar-refractivity contribution in [3.63, 3.8) is 0 Å². The molecule has 0 saturated carbocycles. The molecule has 0 saturated heterocycles. The average Bonchev–Trinajstić information content (AvgIpc) is 2.65. The second-order valence-electron chi connectivity index (χ2n) is 5.08. The van der Waals surface area contributed by atoms with Crippen LogP contribution in [0.2, 0.25) is 0 Å². The number of ketones is 1. The van der Waals surface area contributed by atoms with Gasteiger partial charge in [-0.3, -0.25) is 4.79 Å². The van der Waals surface area contributed by atoms with Crippen LogP contribution in [-0.4, -0.2) is 49.3 Å². The highest BCUT2D eigenvalue weighted by Gasteiger charge is 2.28. The minimum Gasteiger partial charge on any atom is -0.507 e. The van der Waals surface area contributed by atoms with Crippen LogP contribution >= 0.6 is 0 Å². The molecule has 0 unspecified atom stereocenters. The van der Waals surface area contributed by atoms with Gasteiger partial charge >= 0.3 is 11.9 Å². The molecule has 0 spiro atoms. The smallest absolute Gasteiger partial charge is 0.338 e. The Kier molecular flexibility index (Phi) is 5.46. The minimum absolute atomic E-state index is 0.0381. The Balaban J connectivity index is 2.69. The lowest BCUT2D eigenvalue weighted by molar-refractivity contribution is 0.0590. The first kappa shape index (κ1) is 18.8. The first-order valence-corrected chi connectivity index (χ1v) is 7.30. The van der Waals surface area contributed by atoms with E-state index in [1.807, 2.05) is 0 Å². The average molecular weight is 360 g/mol. The van der Waals surface area contributed by atoms with Crippen molar-refractivity contribution >= 4 is 17.7 Å². The molecule has 2 N–H and O–H groups in total. The van der Waals surface area contributed by atoms with Gasteiger partial charge in [-0.2, -0.15) is 0 Å². The minimum atomic E-state index is -0.880. The SMILES string of the molecule is COC(=O)c1cc(O)c(C(=O)c2c(O)cccc2C(=O)OC)c(OC)c1. The zero-order chi connectivity index (χ0) is 19.4. The largest absolute Gasteiger partial charge is 0.507 e. The number of ether oxygens (including phenoxy) is 3. The van der Waals surface area contributed by atoms with Crippen LogP contribution in [0.25, 0.3) is 0 Å². The molecule has 0 atom stereocenters. The van der Waals surface area contributed by atoms with Gasteiger partial charge in [0.05, 0.1) is 38.0 Å². The summed E-state index contributed by atoms with van der Waals surface area (Å²) in [7, 11) is 3.53. The van der Waals surface area contributed by atoms with Gasteiger partial charge in [0, 0.05) is 0 Å². The van der Waals surface area contributed by atoms with E-state index in [9.17, 15) is 24.6 Å².